The Bertz CT molecular complexity index is 1890. The van der Waals surface area contributed by atoms with Crippen LogP contribution in [0.5, 0.6) is 0 Å². The molecule has 0 aliphatic carbocycles. The summed E-state index contributed by atoms with van der Waals surface area (Å²) in [6.45, 7) is 1.51. The summed E-state index contributed by atoms with van der Waals surface area (Å²) in [5.41, 5.74) is 6.42. The quantitative estimate of drug-likeness (QED) is 0.163. The molecule has 2 aliphatic heterocycles. The summed E-state index contributed by atoms with van der Waals surface area (Å²) < 4.78 is 10.9. The highest BCUT2D eigenvalue weighted by molar-refractivity contribution is 6.30. The molecule has 16 heteroatoms. The van der Waals surface area contributed by atoms with Gasteiger partial charge in [0.15, 0.2) is 0 Å². The van der Waals surface area contributed by atoms with Gasteiger partial charge in [0.25, 0.3) is 0 Å². The molecule has 7 N–H and O–H groups in total. The number of benzene rings is 2. The SMILES string of the molecule is NCCOCCNC(=O)[C@@H]1CCNC(=O)/C=C/C(=O)N2CCC[C@@](Cc3ccc(Cl)cc3)(C2)C(=O)N[C@@H](Cc2ccco2)C(=O)NCc2ccccc2CC(=O)N1. The van der Waals surface area contributed by atoms with Crippen molar-refractivity contribution in [3.8, 4) is 0 Å². The van der Waals surface area contributed by atoms with E-state index in [9.17, 15) is 28.8 Å². The third-order valence-corrected chi connectivity index (χ3v) is 10.2. The van der Waals surface area contributed by atoms with E-state index >= 15 is 0 Å². The Morgan fingerprint density at radius 3 is 2.51 bits per heavy atom. The van der Waals surface area contributed by atoms with Crippen molar-refractivity contribution in [3.05, 3.63) is 107 Å². The van der Waals surface area contributed by atoms with E-state index in [1.54, 1.807) is 48.5 Å². The van der Waals surface area contributed by atoms with Crippen molar-refractivity contribution in [1.82, 2.24) is 31.5 Å². The van der Waals surface area contributed by atoms with E-state index in [4.69, 9.17) is 26.5 Å². The molecule has 5 rings (SSSR count). The van der Waals surface area contributed by atoms with Gasteiger partial charge in [-0.15, -0.1) is 0 Å². The second kappa shape index (κ2) is 21.1. The molecule has 6 amide bonds. The number of hydrogen-bond acceptors (Lipinski definition) is 9. The molecular weight excluding hydrogens is 754 g/mol. The third-order valence-electron chi connectivity index (χ3n) is 9.92. The summed E-state index contributed by atoms with van der Waals surface area (Å²) in [5, 5.41) is 14.7. The lowest BCUT2D eigenvalue weighted by atomic mass is 9.74. The Morgan fingerprint density at radius 2 is 1.75 bits per heavy atom. The fraction of sp³-hybridized carbons (Fsp3) is 0.415. The Labute approximate surface area is 336 Å². The van der Waals surface area contributed by atoms with Gasteiger partial charge in [0, 0.05) is 62.9 Å². The number of piperidine rings is 1. The van der Waals surface area contributed by atoms with Crippen LogP contribution in [0.1, 0.15) is 41.7 Å². The molecule has 57 heavy (non-hydrogen) atoms. The highest BCUT2D eigenvalue weighted by atomic mass is 35.5. The molecule has 1 aromatic heterocycles. The minimum absolute atomic E-state index is 0.00921. The molecule has 2 aromatic carbocycles. The van der Waals surface area contributed by atoms with Gasteiger partial charge in [0.1, 0.15) is 17.8 Å². The largest absolute Gasteiger partial charge is 0.469 e. The number of fused-ring (bicyclic) bond motifs is 3. The van der Waals surface area contributed by atoms with Crippen LogP contribution < -0.4 is 32.3 Å². The number of furan rings is 1. The van der Waals surface area contributed by atoms with Crippen LogP contribution in [0.4, 0.5) is 0 Å². The van der Waals surface area contributed by atoms with Gasteiger partial charge in [-0.2, -0.15) is 0 Å². The number of halogens is 1. The standard InChI is InChI=1S/C41H50ClN7O8/c42-31-10-8-28(9-11-31)25-41-15-4-19-49(27-41)37(52)13-12-35(50)44-17-14-33(38(53)45-18-22-56-21-16-43)47-36(51)23-29-5-1-2-6-30(29)26-46-39(54)34(48-40(41)55)24-32-7-3-20-57-32/h1-3,5-13,20,33-34H,4,14-19,21-27,43H2,(H,44,50)(H,45,53)(H,46,54)(H,47,51)(H,48,55)/b13-12+/t33-,34-,41+/m0/s1. The van der Waals surface area contributed by atoms with Gasteiger partial charge < -0.3 is 46.4 Å². The first-order valence-corrected chi connectivity index (χ1v) is 19.4. The number of ether oxygens (including phenoxy) is 1. The normalized spacial score (nSPS) is 22.1. The smallest absolute Gasteiger partial charge is 0.246 e. The highest BCUT2D eigenvalue weighted by Gasteiger charge is 2.44. The molecule has 15 nitrogen and oxygen atoms in total. The lowest BCUT2D eigenvalue weighted by Crippen LogP contribution is -2.58. The number of nitrogens with zero attached hydrogens (tertiary/aromatic N) is 1. The molecule has 3 heterocycles. The van der Waals surface area contributed by atoms with E-state index in [1.165, 1.54) is 11.2 Å². The van der Waals surface area contributed by atoms with Crippen molar-refractivity contribution >= 4 is 47.0 Å². The summed E-state index contributed by atoms with van der Waals surface area (Å²) in [6, 6.07) is 15.6. The van der Waals surface area contributed by atoms with E-state index < -0.39 is 52.9 Å². The number of nitrogens with two attached hydrogens (primary N) is 1. The predicted molar refractivity (Wildman–Crippen MR) is 211 cm³/mol. The first-order valence-electron chi connectivity index (χ1n) is 19.1. The summed E-state index contributed by atoms with van der Waals surface area (Å²) in [6.07, 6.45) is 4.91. The van der Waals surface area contributed by atoms with Crippen molar-refractivity contribution in [1.29, 1.82) is 0 Å². The average molecular weight is 804 g/mol. The van der Waals surface area contributed by atoms with Gasteiger partial charge in [-0.3, -0.25) is 28.8 Å². The van der Waals surface area contributed by atoms with E-state index in [-0.39, 0.29) is 58.5 Å². The minimum Gasteiger partial charge on any atom is -0.469 e. The fourth-order valence-corrected chi connectivity index (χ4v) is 7.10. The van der Waals surface area contributed by atoms with Gasteiger partial charge in [-0.1, -0.05) is 48.0 Å². The summed E-state index contributed by atoms with van der Waals surface area (Å²) in [7, 11) is 0. The summed E-state index contributed by atoms with van der Waals surface area (Å²) in [4.78, 5) is 83.1. The van der Waals surface area contributed by atoms with Gasteiger partial charge >= 0.3 is 0 Å². The molecule has 0 radical (unpaired) electrons. The zero-order chi connectivity index (χ0) is 40.6. The van der Waals surface area contributed by atoms with Gasteiger partial charge in [-0.05, 0) is 66.6 Å². The van der Waals surface area contributed by atoms with Crippen LogP contribution in [0.2, 0.25) is 5.02 Å². The molecule has 1 fully saturated rings. The molecule has 2 aliphatic rings. The summed E-state index contributed by atoms with van der Waals surface area (Å²) in [5.74, 6) is -2.38. The zero-order valence-electron chi connectivity index (χ0n) is 31.7. The maximum absolute atomic E-state index is 14.6. The Kier molecular flexibility index (Phi) is 15.8. The lowest BCUT2D eigenvalue weighted by molar-refractivity contribution is -0.141. The minimum atomic E-state index is -1.14. The van der Waals surface area contributed by atoms with Gasteiger partial charge in [-0.25, -0.2) is 0 Å². The molecular formula is C41H50ClN7O8. The Morgan fingerprint density at radius 1 is 0.965 bits per heavy atom. The molecule has 3 aromatic rings. The second-order valence-corrected chi connectivity index (χ2v) is 14.6. The lowest BCUT2D eigenvalue weighted by Gasteiger charge is -2.42. The molecule has 1 saturated heterocycles. The van der Waals surface area contributed by atoms with Gasteiger partial charge in [0.05, 0.1) is 31.3 Å². The maximum atomic E-state index is 14.6. The Hall–Kier alpha value is -5.51. The monoisotopic (exact) mass is 803 g/mol. The van der Waals surface area contributed by atoms with Crippen LogP contribution in [0, 0.1) is 5.41 Å². The topological polar surface area (TPSA) is 214 Å². The third kappa shape index (κ3) is 12.8. The van der Waals surface area contributed by atoms with Crippen molar-refractivity contribution in [2.45, 2.75) is 57.2 Å². The Balaban J connectivity index is 1.44. The number of amides is 6. The van der Waals surface area contributed by atoms with E-state index in [0.717, 1.165) is 17.7 Å². The maximum Gasteiger partial charge on any atom is 0.246 e. The van der Waals surface area contributed by atoms with Crippen molar-refractivity contribution in [2.75, 3.05) is 45.9 Å². The number of rotatable bonds is 10. The van der Waals surface area contributed by atoms with E-state index in [2.05, 4.69) is 26.6 Å². The number of carbonyl (C=O) groups is 6. The molecule has 0 unspecified atom stereocenters. The first-order chi connectivity index (χ1) is 27.5. The van der Waals surface area contributed by atoms with Crippen molar-refractivity contribution < 1.29 is 37.9 Å². The van der Waals surface area contributed by atoms with Crippen LogP contribution in [0.3, 0.4) is 0 Å². The molecule has 2 bridgehead atoms. The van der Waals surface area contributed by atoms with Crippen LogP contribution in [-0.4, -0.2) is 98.4 Å². The molecule has 304 valence electrons. The van der Waals surface area contributed by atoms with Crippen LogP contribution in [-0.2, 0) is 59.3 Å². The van der Waals surface area contributed by atoms with Crippen molar-refractivity contribution in [3.63, 3.8) is 0 Å². The first kappa shape index (κ1) is 42.6. The second-order valence-electron chi connectivity index (χ2n) is 14.1. The highest BCUT2D eigenvalue weighted by Crippen LogP contribution is 2.35. The van der Waals surface area contributed by atoms with Crippen molar-refractivity contribution in [2.24, 2.45) is 11.1 Å². The van der Waals surface area contributed by atoms with Crippen LogP contribution >= 0.6 is 11.6 Å². The van der Waals surface area contributed by atoms with Crippen LogP contribution in [0.15, 0.2) is 83.5 Å². The zero-order valence-corrected chi connectivity index (χ0v) is 32.5. The molecule has 0 saturated carbocycles. The molecule has 0 spiro atoms. The molecule has 3 atom stereocenters. The van der Waals surface area contributed by atoms with E-state index in [1.807, 2.05) is 12.1 Å². The number of nitrogens with one attached hydrogen (secondary N) is 5. The number of carbonyl (C=O) groups excluding carboxylic acids is 6. The fourth-order valence-electron chi connectivity index (χ4n) is 6.97. The summed E-state index contributed by atoms with van der Waals surface area (Å²) >= 11 is 6.17. The van der Waals surface area contributed by atoms with E-state index in [0.29, 0.717) is 54.4 Å². The number of hydrogen-bond donors (Lipinski definition) is 6. The van der Waals surface area contributed by atoms with Crippen LogP contribution in [0.25, 0.3) is 0 Å². The van der Waals surface area contributed by atoms with Gasteiger partial charge in [0.2, 0.25) is 35.4 Å². The predicted octanol–water partition coefficient (Wildman–Crippen LogP) is 1.32. The average Bonchev–Trinajstić information content (AvgIpc) is 3.72.